The largest absolute Gasteiger partial charge is 4.00 e. The summed E-state index contributed by atoms with van der Waals surface area (Å²) in [5, 5.41) is 0. The van der Waals surface area contributed by atoms with Crippen LogP contribution in [-0.2, 0) is 47.4 Å². The third kappa shape index (κ3) is 3.95. The van der Waals surface area contributed by atoms with Crippen molar-refractivity contribution < 1.29 is 58.9 Å². The minimum absolute atomic E-state index is 0. The van der Waals surface area contributed by atoms with Gasteiger partial charge < -0.3 is 37.2 Å². The molecule has 2 aliphatic carbocycles. The summed E-state index contributed by atoms with van der Waals surface area (Å²) in [6.07, 6.45) is 11.2. The summed E-state index contributed by atoms with van der Waals surface area (Å²) in [5.74, 6) is 0. The van der Waals surface area contributed by atoms with E-state index in [1.807, 2.05) is 0 Å². The first kappa shape index (κ1) is 20.3. The summed E-state index contributed by atoms with van der Waals surface area (Å²) in [5.41, 5.74) is 6.94. The molecule has 0 amide bonds. The molecule has 0 N–H and O–H groups in total. The van der Waals surface area contributed by atoms with Crippen LogP contribution in [0.3, 0.4) is 0 Å². The molecule has 1 aromatic carbocycles. The Morgan fingerprint density at radius 3 is 1.35 bits per heavy atom. The first-order chi connectivity index (χ1) is 6.45. The van der Waals surface area contributed by atoms with Gasteiger partial charge in [0, 0.05) is 0 Å². The number of rotatable bonds is 0. The van der Waals surface area contributed by atoms with Gasteiger partial charge in [0.1, 0.15) is 0 Å². The van der Waals surface area contributed by atoms with Crippen molar-refractivity contribution >= 4 is 0 Å². The Morgan fingerprint density at radius 1 is 0.588 bits per heavy atom. The zero-order chi connectivity index (χ0) is 8.67. The predicted molar refractivity (Wildman–Crippen MR) is 55.3 cm³/mol. The Hall–Kier alpha value is 0.934. The fraction of sp³-hybridized carbons (Fsp3) is 0.615. The minimum Gasteiger partial charge on any atom is -1.00 e. The van der Waals surface area contributed by atoms with E-state index in [9.17, 15) is 0 Å². The van der Waals surface area contributed by atoms with E-state index in [0.717, 1.165) is 0 Å². The maximum Gasteiger partial charge on any atom is 4.00 e. The molecule has 1 aromatic rings. The van der Waals surface area contributed by atoms with Gasteiger partial charge in [-0.25, -0.2) is 0 Å². The number of fused-ring (bicyclic) bond motifs is 3. The zero-order valence-corrected chi connectivity index (χ0v) is 13.7. The van der Waals surface area contributed by atoms with E-state index in [-0.39, 0.29) is 58.9 Å². The van der Waals surface area contributed by atoms with Crippen molar-refractivity contribution in [2.75, 3.05) is 0 Å². The molecule has 0 spiro atoms. The van der Waals surface area contributed by atoms with Crippen LogP contribution in [0.2, 0.25) is 0 Å². The summed E-state index contributed by atoms with van der Waals surface area (Å²) in [7, 11) is 0. The second-order valence-corrected chi connectivity index (χ2v) is 4.57. The minimum atomic E-state index is 0. The number of hydrogen-bond donors (Lipinski definition) is 0. The summed E-state index contributed by atoms with van der Waals surface area (Å²) in [6.45, 7) is 0. The van der Waals surface area contributed by atoms with Gasteiger partial charge >= 0.3 is 21.7 Å². The summed E-state index contributed by atoms with van der Waals surface area (Å²) >= 11 is 0. The third-order valence-electron chi connectivity index (χ3n) is 3.73. The topological polar surface area (TPSA) is 0 Å². The number of hydrogen-bond acceptors (Lipinski definition) is 0. The second-order valence-electron chi connectivity index (χ2n) is 4.57. The van der Waals surface area contributed by atoms with E-state index >= 15 is 0 Å². The van der Waals surface area contributed by atoms with Crippen LogP contribution in [0.15, 0.2) is 6.07 Å². The Kier molecular flexibility index (Phi) is 10.6. The maximum atomic E-state index is 2.52. The van der Waals surface area contributed by atoms with Crippen molar-refractivity contribution in [1.82, 2.24) is 0 Å². The van der Waals surface area contributed by atoms with Crippen LogP contribution in [0.25, 0.3) is 0 Å². The van der Waals surface area contributed by atoms with E-state index in [4.69, 9.17) is 0 Å². The molecule has 2 aliphatic rings. The van der Waals surface area contributed by atoms with Crippen molar-refractivity contribution in [1.29, 1.82) is 0 Å². The second kappa shape index (κ2) is 8.94. The zero-order valence-electron chi connectivity index (χ0n) is 9.87. The Morgan fingerprint density at radius 2 is 0.941 bits per heavy atom. The summed E-state index contributed by atoms with van der Waals surface area (Å²) < 4.78 is 0. The number of aryl methyl sites for hydroxylation is 2. The molecule has 0 nitrogen and oxygen atoms in total. The van der Waals surface area contributed by atoms with Gasteiger partial charge in [-0.3, -0.25) is 0 Å². The van der Waals surface area contributed by atoms with Crippen molar-refractivity contribution in [3.63, 3.8) is 0 Å². The molecule has 0 aliphatic heterocycles. The first-order valence-electron chi connectivity index (χ1n) is 5.74. The molecule has 0 aromatic heterocycles. The van der Waals surface area contributed by atoms with E-state index < -0.39 is 0 Å². The third-order valence-corrected chi connectivity index (χ3v) is 3.73. The molecule has 0 fully saturated rings. The summed E-state index contributed by atoms with van der Waals surface area (Å²) in [6, 6.07) is 2.52. The number of halogens is 3. The fourth-order valence-corrected chi connectivity index (χ4v) is 3.08. The smallest absolute Gasteiger partial charge is 1.00 e. The average Bonchev–Trinajstić information content (AvgIpc) is 2.56. The van der Waals surface area contributed by atoms with Gasteiger partial charge in [0.05, 0.1) is 0 Å². The molecule has 0 saturated heterocycles. The normalized spacial score (nSPS) is 16.0. The van der Waals surface area contributed by atoms with Crippen molar-refractivity contribution in [3.8, 4) is 0 Å². The van der Waals surface area contributed by atoms with Gasteiger partial charge in [0.25, 0.3) is 0 Å². The van der Waals surface area contributed by atoms with Gasteiger partial charge in [-0.15, -0.1) is 0 Å². The predicted octanol–water partition coefficient (Wildman–Crippen LogP) is -5.83. The van der Waals surface area contributed by atoms with Gasteiger partial charge in [-0.2, -0.15) is 28.3 Å². The quantitative estimate of drug-likeness (QED) is 0.329. The van der Waals surface area contributed by atoms with Gasteiger partial charge in [-0.05, 0) is 0 Å². The Balaban J connectivity index is 0. The van der Waals surface area contributed by atoms with Crippen LogP contribution in [-0.4, -0.2) is 0 Å². The van der Waals surface area contributed by atoms with Crippen molar-refractivity contribution in [2.45, 2.75) is 51.4 Å². The van der Waals surface area contributed by atoms with E-state index in [2.05, 4.69) is 6.07 Å². The van der Waals surface area contributed by atoms with Gasteiger partial charge in [0.15, 0.2) is 0 Å². The maximum absolute atomic E-state index is 2.52. The van der Waals surface area contributed by atoms with Crippen LogP contribution in [0.1, 0.15) is 47.9 Å². The first-order valence-corrected chi connectivity index (χ1v) is 5.74. The van der Waals surface area contributed by atoms with Gasteiger partial charge in [-0.1, -0.05) is 51.4 Å². The molecule has 0 atom stereocenters. The van der Waals surface area contributed by atoms with Crippen LogP contribution >= 0.6 is 0 Å². The molecule has 94 valence electrons. The molecular weight excluding hydrogens is 310 g/mol. The molecule has 3 rings (SSSR count). The summed E-state index contributed by atoms with van der Waals surface area (Å²) in [4.78, 5) is 0. The van der Waals surface area contributed by atoms with E-state index in [1.165, 1.54) is 51.4 Å². The van der Waals surface area contributed by atoms with Gasteiger partial charge in [0.2, 0.25) is 0 Å². The monoisotopic (exact) mass is 326 g/mol. The molecule has 0 unspecified atom stereocenters. The molecule has 0 saturated carbocycles. The fourth-order valence-electron chi connectivity index (χ4n) is 3.08. The van der Waals surface area contributed by atoms with Crippen LogP contribution in [0.4, 0.5) is 0 Å². The molecular formula is C13H17Cl3Ti. The molecule has 0 heterocycles. The van der Waals surface area contributed by atoms with E-state index in [0.29, 0.717) is 0 Å². The Labute approximate surface area is 138 Å². The molecule has 0 radical (unpaired) electrons. The molecule has 17 heavy (non-hydrogen) atoms. The molecule has 4 heteroatoms. The standard InChI is InChI=1S/C13H17.3ClH.Ti/c1-3-7-12-10(5-1)9-11-6-2-4-8-13(11)12;;;;/h9H,1-8H2;3*1H;/q-1;;;;+4/p-3. The van der Waals surface area contributed by atoms with Crippen LogP contribution in [0, 0.1) is 0 Å². The van der Waals surface area contributed by atoms with Crippen molar-refractivity contribution in [3.05, 3.63) is 28.3 Å². The van der Waals surface area contributed by atoms with Crippen molar-refractivity contribution in [2.24, 2.45) is 0 Å². The van der Waals surface area contributed by atoms with Crippen LogP contribution < -0.4 is 37.2 Å². The molecule has 0 bridgehead atoms. The van der Waals surface area contributed by atoms with Crippen LogP contribution in [0.5, 0.6) is 0 Å². The van der Waals surface area contributed by atoms with E-state index in [1.54, 1.807) is 22.3 Å². The average molecular weight is 328 g/mol. The Bertz CT molecular complexity index is 303. The SMILES string of the molecule is [Cl-].[Cl-].[Cl-].[Ti+4].[cH-]1c2c(c3c1CCCC3)CCCC2.